The summed E-state index contributed by atoms with van der Waals surface area (Å²) in [5, 5.41) is -1.63. The molecule has 1 aliphatic heterocycles. The minimum Gasteiger partial charge on any atom is -0.298 e. The van der Waals surface area contributed by atoms with Crippen molar-refractivity contribution in [2.75, 3.05) is 6.54 Å². The zero-order valence-electron chi connectivity index (χ0n) is 12.2. The zero-order chi connectivity index (χ0) is 16.4. The lowest BCUT2D eigenvalue weighted by molar-refractivity contribution is -0.137. The number of carbonyl (C=O) groups excluding carboxylic acids is 3. The highest BCUT2D eigenvalue weighted by Crippen LogP contribution is 2.22. The van der Waals surface area contributed by atoms with Gasteiger partial charge in [0.25, 0.3) is 21.9 Å². The van der Waals surface area contributed by atoms with Crippen LogP contribution in [0.1, 0.15) is 33.6 Å². The van der Waals surface area contributed by atoms with Gasteiger partial charge < -0.3 is 0 Å². The van der Waals surface area contributed by atoms with E-state index in [2.05, 4.69) is 0 Å². The van der Waals surface area contributed by atoms with Crippen molar-refractivity contribution in [2.24, 2.45) is 5.41 Å². The Kier molecular flexibility index (Phi) is 5.06. The molecule has 1 heterocycles. The van der Waals surface area contributed by atoms with Gasteiger partial charge >= 0.3 is 0 Å². The van der Waals surface area contributed by atoms with Crippen LogP contribution < -0.4 is 0 Å². The highest BCUT2D eigenvalue weighted by molar-refractivity contribution is 7.87. The van der Waals surface area contributed by atoms with Gasteiger partial charge in [0, 0.05) is 25.1 Å². The van der Waals surface area contributed by atoms with E-state index in [1.54, 1.807) is 20.8 Å². The molecule has 7 nitrogen and oxygen atoms in total. The zero-order valence-corrected chi connectivity index (χ0v) is 13.0. The predicted molar refractivity (Wildman–Crippen MR) is 74.9 cm³/mol. The van der Waals surface area contributed by atoms with Crippen molar-refractivity contribution < 1.29 is 27.4 Å². The van der Waals surface area contributed by atoms with Crippen LogP contribution in [0, 0.1) is 5.41 Å². The first-order valence-corrected chi connectivity index (χ1v) is 7.95. The summed E-state index contributed by atoms with van der Waals surface area (Å²) >= 11 is 0. The van der Waals surface area contributed by atoms with E-state index in [1.807, 2.05) is 0 Å². The number of amides is 2. The highest BCUT2D eigenvalue weighted by Gasteiger charge is 2.34. The summed E-state index contributed by atoms with van der Waals surface area (Å²) in [5.74, 6) is -1.74. The first-order valence-electron chi connectivity index (χ1n) is 6.44. The summed E-state index contributed by atoms with van der Waals surface area (Å²) in [6.07, 6.45) is 1.80. The molecule has 118 valence electrons. The molecule has 0 saturated heterocycles. The lowest BCUT2D eigenvalue weighted by atomic mass is 9.88. The van der Waals surface area contributed by atoms with Crippen LogP contribution in [0.4, 0.5) is 0 Å². The molecule has 1 rings (SSSR count). The second-order valence-corrected chi connectivity index (χ2v) is 7.76. The lowest BCUT2D eigenvalue weighted by Gasteiger charge is -2.22. The van der Waals surface area contributed by atoms with Gasteiger partial charge in [-0.05, 0) is 11.8 Å². The Morgan fingerprint density at radius 2 is 1.71 bits per heavy atom. The van der Waals surface area contributed by atoms with Crippen LogP contribution in [-0.2, 0) is 24.5 Å². The lowest BCUT2D eigenvalue weighted by Crippen LogP contribution is -2.38. The molecule has 0 fully saturated rings. The Morgan fingerprint density at radius 3 is 2.10 bits per heavy atom. The average molecular weight is 317 g/mol. The van der Waals surface area contributed by atoms with Gasteiger partial charge in [-0.15, -0.1) is 0 Å². The van der Waals surface area contributed by atoms with Crippen molar-refractivity contribution in [3.05, 3.63) is 12.2 Å². The van der Waals surface area contributed by atoms with Gasteiger partial charge in [0.15, 0.2) is 5.78 Å². The smallest absolute Gasteiger partial charge is 0.275 e. The van der Waals surface area contributed by atoms with Gasteiger partial charge in [-0.2, -0.15) is 8.42 Å². The second kappa shape index (κ2) is 6.07. The molecular formula is C13H19NO6S. The fourth-order valence-electron chi connectivity index (χ4n) is 2.01. The minimum atomic E-state index is -4.58. The quantitative estimate of drug-likeness (QED) is 0.566. The van der Waals surface area contributed by atoms with Crippen LogP contribution in [-0.4, -0.2) is 47.3 Å². The predicted octanol–water partition coefficient (Wildman–Crippen LogP) is 0.563. The van der Waals surface area contributed by atoms with Crippen molar-refractivity contribution in [1.82, 2.24) is 4.90 Å². The van der Waals surface area contributed by atoms with Gasteiger partial charge in [-0.25, -0.2) is 0 Å². The number of carbonyl (C=O) groups is 3. The van der Waals surface area contributed by atoms with Gasteiger partial charge in [0.05, 0.1) is 0 Å². The number of hydrogen-bond acceptors (Lipinski definition) is 5. The van der Waals surface area contributed by atoms with E-state index in [4.69, 9.17) is 0 Å². The SMILES string of the molecule is CC(C)(C)CC(=O)C(CCN1C(=O)C=CC1=O)S(=O)(=O)O. The molecule has 1 unspecified atom stereocenters. The normalized spacial score (nSPS) is 17.4. The average Bonchev–Trinajstić information content (AvgIpc) is 2.56. The van der Waals surface area contributed by atoms with E-state index in [0.717, 1.165) is 17.1 Å². The van der Waals surface area contributed by atoms with Crippen molar-refractivity contribution in [1.29, 1.82) is 0 Å². The van der Waals surface area contributed by atoms with E-state index in [9.17, 15) is 27.4 Å². The maximum atomic E-state index is 12.0. The maximum absolute atomic E-state index is 12.0. The molecule has 0 aromatic carbocycles. The van der Waals surface area contributed by atoms with Crippen molar-refractivity contribution in [3.8, 4) is 0 Å². The summed E-state index contributed by atoms with van der Waals surface area (Å²) in [6, 6.07) is 0. The summed E-state index contributed by atoms with van der Waals surface area (Å²) in [7, 11) is -4.58. The molecule has 0 radical (unpaired) electrons. The number of rotatable bonds is 6. The molecule has 0 aromatic rings. The van der Waals surface area contributed by atoms with E-state index in [0.29, 0.717) is 0 Å². The molecule has 0 saturated carbocycles. The molecule has 2 amide bonds. The highest BCUT2D eigenvalue weighted by atomic mass is 32.2. The van der Waals surface area contributed by atoms with Crippen LogP contribution >= 0.6 is 0 Å². The summed E-state index contributed by atoms with van der Waals surface area (Å²) in [5.41, 5.74) is -0.430. The Bertz CT molecular complexity index is 566. The molecule has 1 N–H and O–H groups in total. The summed E-state index contributed by atoms with van der Waals surface area (Å²) in [6.45, 7) is 5.07. The van der Waals surface area contributed by atoms with Gasteiger partial charge in [-0.3, -0.25) is 23.8 Å². The fraction of sp³-hybridized carbons (Fsp3) is 0.615. The molecule has 0 aliphatic carbocycles. The van der Waals surface area contributed by atoms with E-state index in [-0.39, 0.29) is 19.4 Å². The summed E-state index contributed by atoms with van der Waals surface area (Å²) in [4.78, 5) is 35.6. The molecule has 0 spiro atoms. The third kappa shape index (κ3) is 5.05. The van der Waals surface area contributed by atoms with Crippen LogP contribution in [0.3, 0.4) is 0 Å². The Balaban J connectivity index is 2.79. The third-order valence-corrected chi connectivity index (χ3v) is 4.16. The van der Waals surface area contributed by atoms with Crippen LogP contribution in [0.25, 0.3) is 0 Å². The molecule has 21 heavy (non-hydrogen) atoms. The van der Waals surface area contributed by atoms with Gasteiger partial charge in [0.1, 0.15) is 5.25 Å². The molecule has 1 aliphatic rings. The van der Waals surface area contributed by atoms with Gasteiger partial charge in [0.2, 0.25) is 0 Å². The Labute approximate surface area is 123 Å². The fourth-order valence-corrected chi connectivity index (χ4v) is 2.83. The molecule has 8 heteroatoms. The number of imide groups is 1. The largest absolute Gasteiger partial charge is 0.298 e. The van der Waals surface area contributed by atoms with E-state index in [1.165, 1.54) is 0 Å². The molecular weight excluding hydrogens is 298 g/mol. The van der Waals surface area contributed by atoms with Crippen molar-refractivity contribution in [2.45, 2.75) is 38.9 Å². The topological polar surface area (TPSA) is 109 Å². The number of hydrogen-bond donors (Lipinski definition) is 1. The van der Waals surface area contributed by atoms with Crippen LogP contribution in [0.5, 0.6) is 0 Å². The number of ketones is 1. The van der Waals surface area contributed by atoms with E-state index >= 15 is 0 Å². The first kappa shape index (κ1) is 17.5. The van der Waals surface area contributed by atoms with Crippen molar-refractivity contribution in [3.63, 3.8) is 0 Å². The van der Waals surface area contributed by atoms with Crippen molar-refractivity contribution >= 4 is 27.7 Å². The van der Waals surface area contributed by atoms with Crippen LogP contribution in [0.15, 0.2) is 12.2 Å². The molecule has 1 atom stereocenters. The second-order valence-electron chi connectivity index (χ2n) is 6.16. The van der Waals surface area contributed by atoms with Gasteiger partial charge in [-0.1, -0.05) is 20.8 Å². The Hall–Kier alpha value is -1.54. The number of nitrogens with zero attached hydrogens (tertiary/aromatic N) is 1. The third-order valence-electron chi connectivity index (χ3n) is 2.94. The molecule has 0 bridgehead atoms. The standard InChI is InChI=1S/C13H19NO6S/c1-13(2,3)8-9(15)10(21(18,19)20)6-7-14-11(16)4-5-12(14)17/h4-5,10H,6-8H2,1-3H3,(H,18,19,20). The van der Waals surface area contributed by atoms with Crippen LogP contribution in [0.2, 0.25) is 0 Å². The monoisotopic (exact) mass is 317 g/mol. The number of Topliss-reactive ketones (excluding diaryl/α,β-unsaturated/α-hetero) is 1. The maximum Gasteiger partial charge on any atom is 0.275 e. The van der Waals surface area contributed by atoms with E-state index < -0.39 is 38.4 Å². The minimum absolute atomic E-state index is 0.0302. The molecule has 0 aromatic heterocycles. The first-order chi connectivity index (χ1) is 9.42. The Morgan fingerprint density at radius 1 is 1.24 bits per heavy atom. The summed E-state index contributed by atoms with van der Waals surface area (Å²) < 4.78 is 31.9.